The molecule has 1 atom stereocenters. The van der Waals surface area contributed by atoms with Gasteiger partial charge in [-0.3, -0.25) is 4.90 Å². The van der Waals surface area contributed by atoms with Gasteiger partial charge in [-0.05, 0) is 62.1 Å². The summed E-state index contributed by atoms with van der Waals surface area (Å²) in [4.78, 5) is 5.44. The molecule has 1 aromatic rings. The van der Waals surface area contributed by atoms with Gasteiger partial charge in [-0.15, -0.1) is 0 Å². The first kappa shape index (κ1) is 16.6. The molecule has 0 aromatic heterocycles. The molecule has 1 saturated carbocycles. The van der Waals surface area contributed by atoms with E-state index in [1.807, 2.05) is 7.11 Å². The van der Waals surface area contributed by atoms with Gasteiger partial charge in [-0.1, -0.05) is 30.3 Å². The Morgan fingerprint density at radius 1 is 1.12 bits per heavy atom. The third kappa shape index (κ3) is 3.68. The number of piperidine rings is 2. The molecule has 1 aromatic carbocycles. The van der Waals surface area contributed by atoms with Gasteiger partial charge >= 0.3 is 0 Å². The van der Waals surface area contributed by atoms with Gasteiger partial charge in [-0.2, -0.15) is 0 Å². The standard InChI is InChI=1S/C21H32N2O/c1-24-14-13-22-11-9-21(10-12-22)15-19(18-5-3-2-4-6-18)16-23(17-21)20-7-8-20/h2-6,19-20H,7-17H2,1H3/t19-/m0/s1. The van der Waals surface area contributed by atoms with Crippen LogP contribution in [0.2, 0.25) is 0 Å². The lowest BCUT2D eigenvalue weighted by Crippen LogP contribution is -2.52. The maximum atomic E-state index is 5.26. The highest BCUT2D eigenvalue weighted by Crippen LogP contribution is 2.47. The molecule has 0 radical (unpaired) electrons. The lowest BCUT2D eigenvalue weighted by atomic mass is 9.68. The zero-order valence-electron chi connectivity index (χ0n) is 15.1. The van der Waals surface area contributed by atoms with Crippen LogP contribution in [0.3, 0.4) is 0 Å². The maximum Gasteiger partial charge on any atom is 0.0589 e. The van der Waals surface area contributed by atoms with Gasteiger partial charge in [0.05, 0.1) is 6.61 Å². The first-order chi connectivity index (χ1) is 11.8. The Morgan fingerprint density at radius 2 is 1.88 bits per heavy atom. The van der Waals surface area contributed by atoms with Crippen molar-refractivity contribution in [2.75, 3.05) is 46.4 Å². The fourth-order valence-electron chi connectivity index (χ4n) is 4.93. The van der Waals surface area contributed by atoms with Crippen LogP contribution in [0, 0.1) is 5.41 Å². The lowest BCUT2D eigenvalue weighted by Gasteiger charge is -2.50. The smallest absolute Gasteiger partial charge is 0.0589 e. The Morgan fingerprint density at radius 3 is 2.54 bits per heavy atom. The van der Waals surface area contributed by atoms with Crippen LogP contribution >= 0.6 is 0 Å². The summed E-state index contributed by atoms with van der Waals surface area (Å²) in [5, 5.41) is 0. The first-order valence-corrected chi connectivity index (χ1v) is 9.78. The second-order valence-electron chi connectivity index (χ2n) is 8.31. The second kappa shape index (κ2) is 7.15. The molecule has 3 aliphatic rings. The van der Waals surface area contributed by atoms with E-state index < -0.39 is 0 Å². The summed E-state index contributed by atoms with van der Waals surface area (Å²) in [5.41, 5.74) is 2.11. The number of likely N-dealkylation sites (tertiary alicyclic amines) is 2. The van der Waals surface area contributed by atoms with E-state index in [1.54, 1.807) is 5.56 Å². The van der Waals surface area contributed by atoms with E-state index in [0.29, 0.717) is 5.41 Å². The first-order valence-electron chi connectivity index (χ1n) is 9.78. The molecule has 132 valence electrons. The summed E-state index contributed by atoms with van der Waals surface area (Å²) in [5.74, 6) is 0.728. The van der Waals surface area contributed by atoms with Crippen LogP contribution < -0.4 is 0 Å². The number of rotatable bonds is 5. The minimum absolute atomic E-state index is 0.547. The average Bonchev–Trinajstić information content (AvgIpc) is 3.47. The third-order valence-corrected chi connectivity index (χ3v) is 6.54. The molecule has 4 rings (SSSR count). The van der Waals surface area contributed by atoms with Crippen LogP contribution in [0.4, 0.5) is 0 Å². The molecule has 2 saturated heterocycles. The van der Waals surface area contributed by atoms with Gasteiger partial charge < -0.3 is 9.64 Å². The van der Waals surface area contributed by atoms with Gasteiger partial charge in [-0.25, -0.2) is 0 Å². The Labute approximate surface area is 147 Å². The molecule has 24 heavy (non-hydrogen) atoms. The number of ether oxygens (including phenoxy) is 1. The molecule has 2 heterocycles. The zero-order chi connectivity index (χ0) is 16.4. The maximum absolute atomic E-state index is 5.26. The molecular formula is C21H32N2O. The molecule has 2 aliphatic heterocycles. The van der Waals surface area contributed by atoms with Gasteiger partial charge in [0.1, 0.15) is 0 Å². The Hall–Kier alpha value is -0.900. The van der Waals surface area contributed by atoms with Crippen molar-refractivity contribution in [3.8, 4) is 0 Å². The van der Waals surface area contributed by atoms with Gasteiger partial charge in [0.2, 0.25) is 0 Å². The van der Waals surface area contributed by atoms with E-state index in [0.717, 1.165) is 25.1 Å². The fourth-order valence-corrected chi connectivity index (χ4v) is 4.93. The van der Waals surface area contributed by atoms with Gasteiger partial charge in [0, 0.05) is 32.8 Å². The monoisotopic (exact) mass is 328 g/mol. The van der Waals surface area contributed by atoms with Crippen LogP contribution in [0.1, 0.15) is 43.6 Å². The molecular weight excluding hydrogens is 296 g/mol. The second-order valence-corrected chi connectivity index (χ2v) is 8.31. The van der Waals surface area contributed by atoms with Crippen molar-refractivity contribution in [1.29, 1.82) is 0 Å². The number of hydrogen-bond donors (Lipinski definition) is 0. The molecule has 3 fully saturated rings. The van der Waals surface area contributed by atoms with Crippen LogP contribution in [-0.4, -0.2) is 62.3 Å². The van der Waals surface area contributed by atoms with Crippen molar-refractivity contribution >= 4 is 0 Å². The molecule has 0 bridgehead atoms. The third-order valence-electron chi connectivity index (χ3n) is 6.54. The van der Waals surface area contributed by atoms with Crippen molar-refractivity contribution in [2.45, 2.75) is 44.1 Å². The predicted octanol–water partition coefficient (Wildman–Crippen LogP) is 3.37. The van der Waals surface area contributed by atoms with Crippen molar-refractivity contribution in [1.82, 2.24) is 9.80 Å². The van der Waals surface area contributed by atoms with Crippen LogP contribution in [0.25, 0.3) is 0 Å². The fraction of sp³-hybridized carbons (Fsp3) is 0.714. The summed E-state index contributed by atoms with van der Waals surface area (Å²) in [7, 11) is 1.81. The minimum Gasteiger partial charge on any atom is -0.383 e. The zero-order valence-corrected chi connectivity index (χ0v) is 15.1. The quantitative estimate of drug-likeness (QED) is 0.824. The van der Waals surface area contributed by atoms with Crippen molar-refractivity contribution in [2.24, 2.45) is 5.41 Å². The van der Waals surface area contributed by atoms with Crippen LogP contribution in [-0.2, 0) is 4.74 Å². The molecule has 1 spiro atoms. The van der Waals surface area contributed by atoms with E-state index in [-0.39, 0.29) is 0 Å². The Bertz CT molecular complexity index is 520. The molecule has 0 unspecified atom stereocenters. The topological polar surface area (TPSA) is 15.7 Å². The summed E-state index contributed by atoms with van der Waals surface area (Å²) in [6, 6.07) is 12.2. The van der Waals surface area contributed by atoms with E-state index in [2.05, 4.69) is 40.1 Å². The average molecular weight is 329 g/mol. The largest absolute Gasteiger partial charge is 0.383 e. The Kier molecular flexibility index (Phi) is 4.93. The molecule has 0 amide bonds. The number of benzene rings is 1. The Balaban J connectivity index is 1.46. The number of nitrogens with zero attached hydrogens (tertiary/aromatic N) is 2. The highest BCUT2D eigenvalue weighted by molar-refractivity contribution is 5.22. The highest BCUT2D eigenvalue weighted by atomic mass is 16.5. The molecule has 1 aliphatic carbocycles. The minimum atomic E-state index is 0.547. The normalized spacial score (nSPS) is 28.3. The molecule has 0 N–H and O–H groups in total. The van der Waals surface area contributed by atoms with E-state index >= 15 is 0 Å². The summed E-state index contributed by atoms with van der Waals surface area (Å²) >= 11 is 0. The summed E-state index contributed by atoms with van der Waals surface area (Å²) in [6.45, 7) is 7.10. The van der Waals surface area contributed by atoms with E-state index in [9.17, 15) is 0 Å². The van der Waals surface area contributed by atoms with Crippen molar-refractivity contribution in [3.05, 3.63) is 35.9 Å². The van der Waals surface area contributed by atoms with Gasteiger partial charge in [0.25, 0.3) is 0 Å². The van der Waals surface area contributed by atoms with Crippen LogP contribution in [0.5, 0.6) is 0 Å². The van der Waals surface area contributed by atoms with E-state index in [4.69, 9.17) is 4.74 Å². The predicted molar refractivity (Wildman–Crippen MR) is 98.4 cm³/mol. The summed E-state index contributed by atoms with van der Waals surface area (Å²) in [6.07, 6.45) is 6.97. The van der Waals surface area contributed by atoms with Crippen molar-refractivity contribution < 1.29 is 4.74 Å². The molecule has 3 nitrogen and oxygen atoms in total. The van der Waals surface area contributed by atoms with Gasteiger partial charge in [0.15, 0.2) is 0 Å². The molecule has 3 heteroatoms. The van der Waals surface area contributed by atoms with Crippen LogP contribution in [0.15, 0.2) is 30.3 Å². The number of hydrogen-bond acceptors (Lipinski definition) is 3. The SMILES string of the molecule is COCCN1CCC2(CC1)C[C@H](c1ccccc1)CN(C1CC1)C2. The van der Waals surface area contributed by atoms with Crippen molar-refractivity contribution in [3.63, 3.8) is 0 Å². The lowest BCUT2D eigenvalue weighted by molar-refractivity contribution is 0.00501. The summed E-state index contributed by atoms with van der Waals surface area (Å²) < 4.78 is 5.26. The highest BCUT2D eigenvalue weighted by Gasteiger charge is 2.45. The van der Waals surface area contributed by atoms with E-state index in [1.165, 1.54) is 58.3 Å². The number of methoxy groups -OCH3 is 1.